The quantitative estimate of drug-likeness (QED) is 0.687. The first-order valence-corrected chi connectivity index (χ1v) is 9.19. The van der Waals surface area contributed by atoms with Crippen molar-refractivity contribution >= 4 is 17.3 Å². The third-order valence-electron chi connectivity index (χ3n) is 3.13. The largest absolute Gasteiger partial charge is 0.481 e. The second-order valence-corrected chi connectivity index (χ2v) is 6.19. The highest BCUT2D eigenvalue weighted by molar-refractivity contribution is 6.31. The van der Waals surface area contributed by atoms with Gasteiger partial charge in [0.1, 0.15) is 0 Å². The summed E-state index contributed by atoms with van der Waals surface area (Å²) in [5.74, 6) is 0.565. The summed E-state index contributed by atoms with van der Waals surface area (Å²) in [5, 5.41) is 0.677. The summed E-state index contributed by atoms with van der Waals surface area (Å²) in [6.07, 6.45) is 1.25. The zero-order valence-electron chi connectivity index (χ0n) is 17.1. The Morgan fingerprint density at radius 2 is 1.69 bits per heavy atom. The molecule has 26 heavy (non-hydrogen) atoms. The van der Waals surface area contributed by atoms with Crippen LogP contribution in [0, 0.1) is 0 Å². The molecular formula is C21H32ClN3O. The van der Waals surface area contributed by atoms with Crippen LogP contribution < -0.4 is 4.74 Å². The molecule has 0 aliphatic carbocycles. The van der Waals surface area contributed by atoms with E-state index in [9.17, 15) is 0 Å². The van der Waals surface area contributed by atoms with Gasteiger partial charge in [0.05, 0.1) is 18.5 Å². The summed E-state index contributed by atoms with van der Waals surface area (Å²) in [7, 11) is 7.44. The zero-order chi connectivity index (χ0) is 19.9. The number of aromatic nitrogens is 1. The number of hydrogen-bond donors (Lipinski definition) is 0. The molecule has 0 fully saturated rings. The van der Waals surface area contributed by atoms with Crippen molar-refractivity contribution < 1.29 is 4.74 Å². The van der Waals surface area contributed by atoms with Gasteiger partial charge >= 0.3 is 0 Å². The van der Waals surface area contributed by atoms with Gasteiger partial charge < -0.3 is 9.64 Å². The number of ether oxygens (including phenoxy) is 1. The van der Waals surface area contributed by atoms with Crippen LogP contribution in [0.1, 0.15) is 38.4 Å². The summed E-state index contributed by atoms with van der Waals surface area (Å²) in [6.45, 7) is 7.51. The van der Waals surface area contributed by atoms with Crippen molar-refractivity contribution in [1.29, 1.82) is 0 Å². The van der Waals surface area contributed by atoms with Crippen LogP contribution in [0.3, 0.4) is 0 Å². The van der Waals surface area contributed by atoms with Crippen LogP contribution in [0.2, 0.25) is 5.02 Å². The molecule has 0 spiro atoms. The van der Waals surface area contributed by atoms with Gasteiger partial charge in [0.15, 0.2) is 0 Å². The average molecular weight is 378 g/mol. The molecule has 2 aromatic rings. The fourth-order valence-corrected chi connectivity index (χ4v) is 1.88. The van der Waals surface area contributed by atoms with Gasteiger partial charge in [-0.2, -0.15) is 0 Å². The van der Waals surface area contributed by atoms with E-state index in [-0.39, 0.29) is 0 Å². The van der Waals surface area contributed by atoms with Gasteiger partial charge in [-0.25, -0.2) is 4.98 Å². The van der Waals surface area contributed by atoms with Gasteiger partial charge in [-0.15, -0.1) is 0 Å². The molecule has 0 aliphatic heterocycles. The molecule has 0 N–H and O–H groups in total. The van der Waals surface area contributed by atoms with Crippen LogP contribution in [-0.2, 0) is 0 Å². The van der Waals surface area contributed by atoms with E-state index in [1.807, 2.05) is 36.4 Å². The average Bonchev–Trinajstić information content (AvgIpc) is 2.64. The lowest BCUT2D eigenvalue weighted by atomic mass is 10.1. The van der Waals surface area contributed by atoms with E-state index in [0.717, 1.165) is 23.5 Å². The Morgan fingerprint density at radius 1 is 1.12 bits per heavy atom. The predicted octanol–water partition coefficient (Wildman–Crippen LogP) is 5.20. The summed E-state index contributed by atoms with van der Waals surface area (Å²) in [6, 6.07) is 13.1. The van der Waals surface area contributed by atoms with E-state index in [1.165, 1.54) is 6.42 Å². The number of benzene rings is 1. The number of pyridine rings is 1. The molecule has 2 rings (SSSR count). The van der Waals surface area contributed by atoms with Gasteiger partial charge in [0, 0.05) is 23.7 Å². The van der Waals surface area contributed by atoms with E-state index in [1.54, 1.807) is 20.2 Å². The lowest BCUT2D eigenvalue weighted by molar-refractivity contribution is 0.397. The van der Waals surface area contributed by atoms with E-state index in [2.05, 4.69) is 49.7 Å². The van der Waals surface area contributed by atoms with Crippen molar-refractivity contribution in [2.45, 2.75) is 27.2 Å². The standard InChI is InChI=1S/C14H13ClN2O.C4H11N.C3H8/c1-16-14(10-5-3-6-11(15)9-10)12-7-4-8-13(17-12)18-2;1-4-5(2)3;1-3-2/h3-9H,1-2H3;4H2,1-3H3;3H2,1-2H3. The van der Waals surface area contributed by atoms with Crippen LogP contribution in [0.5, 0.6) is 5.88 Å². The van der Waals surface area contributed by atoms with Crippen molar-refractivity contribution in [3.63, 3.8) is 0 Å². The molecular weight excluding hydrogens is 346 g/mol. The Labute approximate surface area is 163 Å². The van der Waals surface area contributed by atoms with E-state index >= 15 is 0 Å². The summed E-state index contributed by atoms with van der Waals surface area (Å²) >= 11 is 5.99. The molecule has 5 heteroatoms. The van der Waals surface area contributed by atoms with E-state index < -0.39 is 0 Å². The molecule has 1 aromatic carbocycles. The minimum atomic E-state index is 0.565. The third-order valence-corrected chi connectivity index (χ3v) is 3.36. The first-order valence-electron chi connectivity index (χ1n) is 8.82. The predicted molar refractivity (Wildman–Crippen MR) is 114 cm³/mol. The first kappa shape index (κ1) is 24.1. The molecule has 1 aromatic heterocycles. The van der Waals surface area contributed by atoms with Crippen LogP contribution in [-0.4, -0.2) is 50.4 Å². The molecule has 0 amide bonds. The fraction of sp³-hybridized carbons (Fsp3) is 0.429. The number of aliphatic imine (C=N–C) groups is 1. The van der Waals surface area contributed by atoms with Crippen LogP contribution >= 0.6 is 11.6 Å². The summed E-state index contributed by atoms with van der Waals surface area (Å²) in [4.78, 5) is 10.8. The number of rotatable bonds is 4. The molecule has 0 radical (unpaired) electrons. The molecule has 0 atom stereocenters. The van der Waals surface area contributed by atoms with Crippen LogP contribution in [0.15, 0.2) is 47.5 Å². The number of hydrogen-bond acceptors (Lipinski definition) is 4. The first-order chi connectivity index (χ1) is 12.4. The molecule has 0 aliphatic rings. The molecule has 0 bridgehead atoms. The SMILES string of the molecule is CCC.CCN(C)C.CN=C(c1cccc(Cl)c1)c1cccc(OC)n1. The number of halogens is 1. The molecule has 0 unspecified atom stereocenters. The van der Waals surface area contributed by atoms with Crippen LogP contribution in [0.25, 0.3) is 0 Å². The second kappa shape index (κ2) is 14.3. The highest BCUT2D eigenvalue weighted by Gasteiger charge is 2.09. The maximum Gasteiger partial charge on any atom is 0.213 e. The second-order valence-electron chi connectivity index (χ2n) is 5.75. The molecule has 144 valence electrons. The Kier molecular flexibility index (Phi) is 13.2. The molecule has 4 nitrogen and oxygen atoms in total. The van der Waals surface area contributed by atoms with Crippen molar-refractivity contribution in [1.82, 2.24) is 9.88 Å². The van der Waals surface area contributed by atoms with Crippen LogP contribution in [0.4, 0.5) is 0 Å². The fourth-order valence-electron chi connectivity index (χ4n) is 1.69. The van der Waals surface area contributed by atoms with Gasteiger partial charge in [-0.3, -0.25) is 4.99 Å². The zero-order valence-corrected chi connectivity index (χ0v) is 17.8. The van der Waals surface area contributed by atoms with Crippen molar-refractivity contribution in [2.75, 3.05) is 34.8 Å². The van der Waals surface area contributed by atoms with Gasteiger partial charge in [0.25, 0.3) is 0 Å². The Bertz CT molecular complexity index is 657. The van der Waals surface area contributed by atoms with Crippen molar-refractivity contribution in [3.05, 3.63) is 58.7 Å². The van der Waals surface area contributed by atoms with Gasteiger partial charge in [-0.05, 0) is 38.8 Å². The smallest absolute Gasteiger partial charge is 0.213 e. The number of nitrogens with zero attached hydrogens (tertiary/aromatic N) is 3. The lowest BCUT2D eigenvalue weighted by Crippen LogP contribution is -2.08. The summed E-state index contributed by atoms with van der Waals surface area (Å²) < 4.78 is 5.12. The summed E-state index contributed by atoms with van der Waals surface area (Å²) in [5.41, 5.74) is 2.49. The van der Waals surface area contributed by atoms with Crippen molar-refractivity contribution in [2.24, 2.45) is 4.99 Å². The van der Waals surface area contributed by atoms with Crippen molar-refractivity contribution in [3.8, 4) is 5.88 Å². The van der Waals surface area contributed by atoms with E-state index in [0.29, 0.717) is 10.9 Å². The van der Waals surface area contributed by atoms with E-state index in [4.69, 9.17) is 16.3 Å². The molecule has 0 saturated carbocycles. The minimum Gasteiger partial charge on any atom is -0.481 e. The Balaban J connectivity index is 0.000000663. The molecule has 1 heterocycles. The maximum absolute atomic E-state index is 5.99. The van der Waals surface area contributed by atoms with Gasteiger partial charge in [0.2, 0.25) is 5.88 Å². The minimum absolute atomic E-state index is 0.565. The normalized spacial score (nSPS) is 10.4. The maximum atomic E-state index is 5.99. The third kappa shape index (κ3) is 9.54. The Hall–Kier alpha value is -1.91. The lowest BCUT2D eigenvalue weighted by Gasteiger charge is -2.07. The Morgan fingerprint density at radius 3 is 2.15 bits per heavy atom. The number of methoxy groups -OCH3 is 1. The molecule has 0 saturated heterocycles. The van der Waals surface area contributed by atoms with Gasteiger partial charge in [-0.1, -0.05) is 57.0 Å². The highest BCUT2D eigenvalue weighted by Crippen LogP contribution is 2.16. The topological polar surface area (TPSA) is 37.7 Å². The monoisotopic (exact) mass is 377 g/mol. The highest BCUT2D eigenvalue weighted by atomic mass is 35.5.